The van der Waals surface area contributed by atoms with E-state index in [0.29, 0.717) is 0 Å². The van der Waals surface area contributed by atoms with E-state index in [9.17, 15) is 0 Å². The molecule has 0 radical (unpaired) electrons. The van der Waals surface area contributed by atoms with E-state index < -0.39 is 0 Å². The van der Waals surface area contributed by atoms with Crippen molar-refractivity contribution in [3.63, 3.8) is 0 Å². The van der Waals surface area contributed by atoms with Gasteiger partial charge < -0.3 is 5.32 Å². The highest BCUT2D eigenvalue weighted by Gasteiger charge is 2.05. The van der Waals surface area contributed by atoms with Gasteiger partial charge in [-0.25, -0.2) is 0 Å². The SMILES string of the molecule is CCNCc1ccccc1Cn1ncc2ccccc21. The van der Waals surface area contributed by atoms with Crippen LogP contribution in [0.3, 0.4) is 0 Å². The second-order valence-corrected chi connectivity index (χ2v) is 4.91. The second-order valence-electron chi connectivity index (χ2n) is 4.91. The lowest BCUT2D eigenvalue weighted by molar-refractivity contribution is 0.682. The minimum Gasteiger partial charge on any atom is -0.313 e. The van der Waals surface area contributed by atoms with Gasteiger partial charge in [0.2, 0.25) is 0 Å². The molecule has 3 rings (SSSR count). The standard InChI is InChI=1S/C17H19N3/c1-2-18-11-14-7-3-4-9-16(14)13-20-17-10-6-5-8-15(17)12-19-20/h3-10,12,18H,2,11,13H2,1H3. The van der Waals surface area contributed by atoms with Crippen LogP contribution in [0.4, 0.5) is 0 Å². The van der Waals surface area contributed by atoms with Gasteiger partial charge in [-0.05, 0) is 23.7 Å². The maximum absolute atomic E-state index is 4.51. The molecular formula is C17H19N3. The van der Waals surface area contributed by atoms with E-state index in [1.165, 1.54) is 22.0 Å². The number of nitrogens with one attached hydrogen (secondary N) is 1. The van der Waals surface area contributed by atoms with Gasteiger partial charge >= 0.3 is 0 Å². The molecule has 1 aromatic heterocycles. The molecule has 3 heteroatoms. The first-order valence-corrected chi connectivity index (χ1v) is 7.06. The lowest BCUT2D eigenvalue weighted by atomic mass is 10.1. The number of rotatable bonds is 5. The fraction of sp³-hybridized carbons (Fsp3) is 0.235. The predicted molar refractivity (Wildman–Crippen MR) is 82.7 cm³/mol. The average Bonchev–Trinajstić information content (AvgIpc) is 2.90. The Bertz CT molecular complexity index is 700. The molecule has 0 saturated heterocycles. The summed E-state index contributed by atoms with van der Waals surface area (Å²) in [5, 5.41) is 9.09. The maximum Gasteiger partial charge on any atom is 0.0686 e. The molecule has 20 heavy (non-hydrogen) atoms. The molecule has 0 aliphatic carbocycles. The highest BCUT2D eigenvalue weighted by molar-refractivity contribution is 5.78. The third kappa shape index (κ3) is 2.58. The van der Waals surface area contributed by atoms with Crippen LogP contribution < -0.4 is 5.32 Å². The molecule has 3 aromatic rings. The Balaban J connectivity index is 1.91. The van der Waals surface area contributed by atoms with Gasteiger partial charge in [0.15, 0.2) is 0 Å². The lowest BCUT2D eigenvalue weighted by Crippen LogP contribution is -2.14. The van der Waals surface area contributed by atoms with Gasteiger partial charge in [0.25, 0.3) is 0 Å². The van der Waals surface area contributed by atoms with Crippen LogP contribution in [0.5, 0.6) is 0 Å². The van der Waals surface area contributed by atoms with Crippen molar-refractivity contribution in [3.05, 3.63) is 65.9 Å². The molecule has 0 bridgehead atoms. The number of hydrogen-bond acceptors (Lipinski definition) is 2. The van der Waals surface area contributed by atoms with Gasteiger partial charge in [-0.2, -0.15) is 5.10 Å². The summed E-state index contributed by atoms with van der Waals surface area (Å²) in [4.78, 5) is 0. The van der Waals surface area contributed by atoms with Crippen LogP contribution in [0.2, 0.25) is 0 Å². The van der Waals surface area contributed by atoms with Crippen LogP contribution in [-0.4, -0.2) is 16.3 Å². The molecule has 1 N–H and O–H groups in total. The Labute approximate surface area is 119 Å². The van der Waals surface area contributed by atoms with Crippen LogP contribution in [0.25, 0.3) is 10.9 Å². The smallest absolute Gasteiger partial charge is 0.0686 e. The number of fused-ring (bicyclic) bond motifs is 1. The lowest BCUT2D eigenvalue weighted by Gasteiger charge is -2.10. The van der Waals surface area contributed by atoms with E-state index in [2.05, 4.69) is 64.5 Å². The minimum absolute atomic E-state index is 0.815. The Morgan fingerprint density at radius 1 is 1.00 bits per heavy atom. The van der Waals surface area contributed by atoms with Gasteiger partial charge in [-0.3, -0.25) is 4.68 Å². The highest BCUT2D eigenvalue weighted by Crippen LogP contribution is 2.16. The second kappa shape index (κ2) is 5.88. The fourth-order valence-electron chi connectivity index (χ4n) is 2.46. The summed E-state index contributed by atoms with van der Waals surface area (Å²) >= 11 is 0. The van der Waals surface area contributed by atoms with Crippen molar-refractivity contribution in [1.29, 1.82) is 0 Å². The molecule has 3 nitrogen and oxygen atoms in total. The normalized spacial score (nSPS) is 11.1. The van der Waals surface area contributed by atoms with Crippen molar-refractivity contribution in [1.82, 2.24) is 15.1 Å². The summed E-state index contributed by atoms with van der Waals surface area (Å²) in [5.41, 5.74) is 3.85. The summed E-state index contributed by atoms with van der Waals surface area (Å²) in [7, 11) is 0. The van der Waals surface area contributed by atoms with Crippen molar-refractivity contribution < 1.29 is 0 Å². The largest absolute Gasteiger partial charge is 0.313 e. The summed E-state index contributed by atoms with van der Waals surface area (Å²) in [5.74, 6) is 0. The summed E-state index contributed by atoms with van der Waals surface area (Å²) < 4.78 is 2.07. The molecule has 102 valence electrons. The quantitative estimate of drug-likeness (QED) is 0.768. The van der Waals surface area contributed by atoms with Gasteiger partial charge in [-0.1, -0.05) is 49.4 Å². The van der Waals surface area contributed by atoms with Crippen molar-refractivity contribution in [2.75, 3.05) is 6.54 Å². The molecule has 0 fully saturated rings. The highest BCUT2D eigenvalue weighted by atomic mass is 15.3. The molecule has 0 unspecified atom stereocenters. The van der Waals surface area contributed by atoms with Gasteiger partial charge in [-0.15, -0.1) is 0 Å². The van der Waals surface area contributed by atoms with Gasteiger partial charge in [0, 0.05) is 11.9 Å². The van der Waals surface area contributed by atoms with Gasteiger partial charge in [0.1, 0.15) is 0 Å². The summed E-state index contributed by atoms with van der Waals surface area (Å²) in [6, 6.07) is 16.9. The Morgan fingerprint density at radius 3 is 2.60 bits per heavy atom. The van der Waals surface area contributed by atoms with E-state index in [1.807, 2.05) is 12.3 Å². The third-order valence-electron chi connectivity index (χ3n) is 3.55. The summed E-state index contributed by atoms with van der Waals surface area (Å²) in [6.45, 7) is 4.84. The van der Waals surface area contributed by atoms with E-state index in [4.69, 9.17) is 0 Å². The number of aromatic nitrogens is 2. The fourth-order valence-corrected chi connectivity index (χ4v) is 2.46. The molecule has 0 atom stereocenters. The van der Waals surface area contributed by atoms with E-state index in [0.717, 1.165) is 19.6 Å². The van der Waals surface area contributed by atoms with E-state index >= 15 is 0 Å². The van der Waals surface area contributed by atoms with Crippen molar-refractivity contribution in [2.24, 2.45) is 0 Å². The van der Waals surface area contributed by atoms with Crippen LogP contribution in [0.15, 0.2) is 54.7 Å². The molecular weight excluding hydrogens is 246 g/mol. The molecule has 0 amide bonds. The van der Waals surface area contributed by atoms with Crippen LogP contribution in [-0.2, 0) is 13.1 Å². The molecule has 0 aliphatic heterocycles. The molecule has 0 saturated carbocycles. The average molecular weight is 265 g/mol. The monoisotopic (exact) mass is 265 g/mol. The zero-order valence-corrected chi connectivity index (χ0v) is 11.7. The van der Waals surface area contributed by atoms with Crippen LogP contribution in [0, 0.1) is 0 Å². The molecule has 0 spiro atoms. The van der Waals surface area contributed by atoms with E-state index in [1.54, 1.807) is 0 Å². The Hall–Kier alpha value is -2.13. The molecule has 0 aliphatic rings. The topological polar surface area (TPSA) is 29.9 Å². The number of benzene rings is 2. The van der Waals surface area contributed by atoms with Crippen molar-refractivity contribution in [2.45, 2.75) is 20.0 Å². The Kier molecular flexibility index (Phi) is 3.79. The number of nitrogens with zero attached hydrogens (tertiary/aromatic N) is 2. The Morgan fingerprint density at radius 2 is 1.75 bits per heavy atom. The minimum atomic E-state index is 0.815. The van der Waals surface area contributed by atoms with Crippen molar-refractivity contribution in [3.8, 4) is 0 Å². The van der Waals surface area contributed by atoms with Crippen LogP contribution in [0.1, 0.15) is 18.1 Å². The van der Waals surface area contributed by atoms with Crippen LogP contribution >= 0.6 is 0 Å². The molecule has 2 aromatic carbocycles. The van der Waals surface area contributed by atoms with Gasteiger partial charge in [0.05, 0.1) is 18.3 Å². The van der Waals surface area contributed by atoms with Crippen molar-refractivity contribution >= 4 is 10.9 Å². The zero-order valence-electron chi connectivity index (χ0n) is 11.7. The third-order valence-corrected chi connectivity index (χ3v) is 3.55. The predicted octanol–water partition coefficient (Wildman–Crippen LogP) is 3.19. The summed E-state index contributed by atoms with van der Waals surface area (Å²) in [6.07, 6.45) is 1.93. The first-order valence-electron chi connectivity index (χ1n) is 7.06. The zero-order chi connectivity index (χ0) is 13.8. The van der Waals surface area contributed by atoms with E-state index in [-0.39, 0.29) is 0 Å². The number of para-hydroxylation sites is 1. The number of hydrogen-bond donors (Lipinski definition) is 1. The molecule has 1 heterocycles. The first kappa shape index (κ1) is 12.9. The maximum atomic E-state index is 4.51. The first-order chi connectivity index (χ1) is 9.88.